The molecule has 96 valence electrons. The topological polar surface area (TPSA) is 38.0 Å². The van der Waals surface area contributed by atoms with Crippen molar-refractivity contribution in [1.82, 2.24) is 5.32 Å². The minimum absolute atomic E-state index is 0. The van der Waals surface area contributed by atoms with Crippen LogP contribution in [0, 0.1) is 5.92 Å². The van der Waals surface area contributed by atoms with Crippen molar-refractivity contribution in [1.29, 1.82) is 0 Å². The SMILES string of the molecule is Cl.N[C@@H](c1ccc(Cl)c(Br)c1)C1CCNCC1. The summed E-state index contributed by atoms with van der Waals surface area (Å²) in [7, 11) is 0. The maximum atomic E-state index is 6.30. The quantitative estimate of drug-likeness (QED) is 0.865. The van der Waals surface area contributed by atoms with Crippen LogP contribution in [0.3, 0.4) is 0 Å². The van der Waals surface area contributed by atoms with Crippen LogP contribution < -0.4 is 11.1 Å². The lowest BCUT2D eigenvalue weighted by atomic mass is 9.87. The molecule has 1 atom stereocenters. The Hall–Kier alpha value is 0.200. The van der Waals surface area contributed by atoms with Gasteiger partial charge in [-0.05, 0) is 65.5 Å². The van der Waals surface area contributed by atoms with Crippen LogP contribution in [0.1, 0.15) is 24.4 Å². The molecule has 1 saturated heterocycles. The summed E-state index contributed by atoms with van der Waals surface area (Å²) in [4.78, 5) is 0. The number of nitrogens with one attached hydrogen (secondary N) is 1. The van der Waals surface area contributed by atoms with Crippen molar-refractivity contribution < 1.29 is 0 Å². The van der Waals surface area contributed by atoms with E-state index < -0.39 is 0 Å². The van der Waals surface area contributed by atoms with Gasteiger partial charge in [-0.15, -0.1) is 12.4 Å². The smallest absolute Gasteiger partial charge is 0.0548 e. The number of hydrogen-bond donors (Lipinski definition) is 2. The molecule has 2 nitrogen and oxygen atoms in total. The van der Waals surface area contributed by atoms with E-state index in [9.17, 15) is 0 Å². The van der Waals surface area contributed by atoms with E-state index in [2.05, 4.69) is 21.2 Å². The molecule has 0 unspecified atom stereocenters. The van der Waals surface area contributed by atoms with Crippen molar-refractivity contribution >= 4 is 39.9 Å². The molecule has 1 aliphatic heterocycles. The van der Waals surface area contributed by atoms with Gasteiger partial charge in [0.05, 0.1) is 5.02 Å². The summed E-state index contributed by atoms with van der Waals surface area (Å²) in [5.41, 5.74) is 7.47. The molecule has 1 aromatic carbocycles. The zero-order valence-electron chi connectivity index (χ0n) is 9.46. The zero-order valence-corrected chi connectivity index (χ0v) is 12.6. The Morgan fingerprint density at radius 3 is 2.59 bits per heavy atom. The van der Waals surface area contributed by atoms with Crippen molar-refractivity contribution in [2.75, 3.05) is 13.1 Å². The molecular formula is C12H17BrCl2N2. The number of piperidine rings is 1. The van der Waals surface area contributed by atoms with Crippen molar-refractivity contribution in [3.63, 3.8) is 0 Å². The van der Waals surface area contributed by atoms with E-state index in [4.69, 9.17) is 17.3 Å². The molecule has 5 heteroatoms. The summed E-state index contributed by atoms with van der Waals surface area (Å²) in [6, 6.07) is 6.09. The molecular weight excluding hydrogens is 323 g/mol. The number of benzene rings is 1. The van der Waals surface area contributed by atoms with Crippen LogP contribution >= 0.6 is 39.9 Å². The first-order chi connectivity index (χ1) is 7.68. The highest BCUT2D eigenvalue weighted by Gasteiger charge is 2.21. The Bertz CT molecular complexity index is 368. The van der Waals surface area contributed by atoms with Gasteiger partial charge in [-0.2, -0.15) is 0 Å². The van der Waals surface area contributed by atoms with Crippen LogP contribution in [0.2, 0.25) is 5.02 Å². The molecule has 0 saturated carbocycles. The highest BCUT2D eigenvalue weighted by atomic mass is 79.9. The summed E-state index contributed by atoms with van der Waals surface area (Å²) in [6.45, 7) is 2.15. The summed E-state index contributed by atoms with van der Waals surface area (Å²) in [6.07, 6.45) is 2.31. The lowest BCUT2D eigenvalue weighted by Crippen LogP contribution is -2.33. The third kappa shape index (κ3) is 3.83. The van der Waals surface area contributed by atoms with Gasteiger partial charge in [0, 0.05) is 10.5 Å². The molecule has 0 radical (unpaired) electrons. The Labute approximate surface area is 122 Å². The van der Waals surface area contributed by atoms with E-state index in [1.165, 1.54) is 5.56 Å². The first kappa shape index (κ1) is 15.3. The van der Waals surface area contributed by atoms with Gasteiger partial charge >= 0.3 is 0 Å². The predicted molar refractivity (Wildman–Crippen MR) is 78.9 cm³/mol. The van der Waals surface area contributed by atoms with E-state index in [0.717, 1.165) is 35.4 Å². The van der Waals surface area contributed by atoms with Gasteiger partial charge in [0.1, 0.15) is 0 Å². The van der Waals surface area contributed by atoms with Crippen molar-refractivity contribution in [2.45, 2.75) is 18.9 Å². The Morgan fingerprint density at radius 2 is 2.00 bits per heavy atom. The second-order valence-corrected chi connectivity index (χ2v) is 5.55. The Kier molecular flexibility index (Phi) is 6.24. The maximum Gasteiger partial charge on any atom is 0.0548 e. The van der Waals surface area contributed by atoms with Crippen molar-refractivity contribution in [3.8, 4) is 0 Å². The number of hydrogen-bond acceptors (Lipinski definition) is 2. The zero-order chi connectivity index (χ0) is 11.5. The van der Waals surface area contributed by atoms with Crippen molar-refractivity contribution in [3.05, 3.63) is 33.3 Å². The van der Waals surface area contributed by atoms with Crippen LogP contribution in [0.5, 0.6) is 0 Å². The molecule has 1 aliphatic rings. The predicted octanol–water partition coefficient (Wildman–Crippen LogP) is 3.52. The number of rotatable bonds is 2. The van der Waals surface area contributed by atoms with E-state index >= 15 is 0 Å². The average molecular weight is 340 g/mol. The molecule has 0 aromatic heterocycles. The van der Waals surface area contributed by atoms with Gasteiger partial charge in [-0.25, -0.2) is 0 Å². The first-order valence-corrected chi connectivity index (χ1v) is 6.77. The molecule has 0 amide bonds. The van der Waals surface area contributed by atoms with E-state index in [1.807, 2.05) is 18.2 Å². The summed E-state index contributed by atoms with van der Waals surface area (Å²) in [5.74, 6) is 0.578. The third-order valence-corrected chi connectivity index (χ3v) is 4.43. The molecule has 1 fully saturated rings. The van der Waals surface area contributed by atoms with Gasteiger partial charge in [0.2, 0.25) is 0 Å². The normalized spacial score (nSPS) is 18.5. The van der Waals surface area contributed by atoms with Crippen LogP contribution in [0.4, 0.5) is 0 Å². The molecule has 1 heterocycles. The number of nitrogens with two attached hydrogens (primary N) is 1. The van der Waals surface area contributed by atoms with E-state index in [0.29, 0.717) is 5.92 Å². The summed E-state index contributed by atoms with van der Waals surface area (Å²) < 4.78 is 0.927. The summed E-state index contributed by atoms with van der Waals surface area (Å²) in [5, 5.41) is 4.09. The molecule has 0 spiro atoms. The monoisotopic (exact) mass is 338 g/mol. The highest BCUT2D eigenvalue weighted by Crippen LogP contribution is 2.31. The van der Waals surface area contributed by atoms with Crippen LogP contribution in [0.25, 0.3) is 0 Å². The average Bonchev–Trinajstić information content (AvgIpc) is 2.33. The molecule has 0 aliphatic carbocycles. The van der Waals surface area contributed by atoms with Gasteiger partial charge in [-0.1, -0.05) is 17.7 Å². The van der Waals surface area contributed by atoms with Gasteiger partial charge in [0.25, 0.3) is 0 Å². The fourth-order valence-electron chi connectivity index (χ4n) is 2.20. The fourth-order valence-corrected chi connectivity index (χ4v) is 2.71. The lowest BCUT2D eigenvalue weighted by molar-refractivity contribution is 0.322. The molecule has 1 aromatic rings. The minimum atomic E-state index is 0. The maximum absolute atomic E-state index is 6.30. The Morgan fingerprint density at radius 1 is 1.35 bits per heavy atom. The van der Waals surface area contributed by atoms with Crippen molar-refractivity contribution in [2.24, 2.45) is 11.7 Å². The standard InChI is InChI=1S/C12H16BrClN2.ClH/c13-10-7-9(1-2-11(10)14)12(15)8-3-5-16-6-4-8;/h1-2,7-8,12,16H,3-6,15H2;1H/t12-;/m1./s1. The number of halogens is 3. The first-order valence-electron chi connectivity index (χ1n) is 5.59. The molecule has 2 rings (SSSR count). The molecule has 17 heavy (non-hydrogen) atoms. The highest BCUT2D eigenvalue weighted by molar-refractivity contribution is 9.10. The third-order valence-electron chi connectivity index (χ3n) is 3.22. The second-order valence-electron chi connectivity index (χ2n) is 4.29. The van der Waals surface area contributed by atoms with E-state index in [-0.39, 0.29) is 18.4 Å². The van der Waals surface area contributed by atoms with Crippen LogP contribution in [-0.4, -0.2) is 13.1 Å². The fraction of sp³-hybridized carbons (Fsp3) is 0.500. The van der Waals surface area contributed by atoms with Gasteiger partial charge in [-0.3, -0.25) is 0 Å². The van der Waals surface area contributed by atoms with Gasteiger partial charge < -0.3 is 11.1 Å². The lowest BCUT2D eigenvalue weighted by Gasteiger charge is -2.28. The second kappa shape index (κ2) is 6.95. The van der Waals surface area contributed by atoms with Gasteiger partial charge in [0.15, 0.2) is 0 Å². The Balaban J connectivity index is 0.00000144. The van der Waals surface area contributed by atoms with E-state index in [1.54, 1.807) is 0 Å². The molecule has 3 N–H and O–H groups in total. The van der Waals surface area contributed by atoms with Crippen LogP contribution in [-0.2, 0) is 0 Å². The summed E-state index contributed by atoms with van der Waals surface area (Å²) >= 11 is 9.41. The van der Waals surface area contributed by atoms with Crippen LogP contribution in [0.15, 0.2) is 22.7 Å². The molecule has 0 bridgehead atoms. The minimum Gasteiger partial charge on any atom is -0.324 e. The largest absolute Gasteiger partial charge is 0.324 e.